The molecule has 0 atom stereocenters. The third kappa shape index (κ3) is 3.06. The number of hydrogen-bond donors (Lipinski definition) is 2. The van der Waals surface area contributed by atoms with Gasteiger partial charge in [-0.1, -0.05) is 0 Å². The number of aromatic hydroxyl groups is 2. The minimum Gasteiger partial charge on any atom is -0.506 e. The molecule has 5 heteroatoms. The molecule has 2 N–H and O–H groups in total. The Kier molecular flexibility index (Phi) is 4.55. The summed E-state index contributed by atoms with van der Waals surface area (Å²) in [5.41, 5.74) is 1.15. The van der Waals surface area contributed by atoms with Crippen molar-refractivity contribution in [2.24, 2.45) is 0 Å². The van der Waals surface area contributed by atoms with Gasteiger partial charge in [0.15, 0.2) is 11.6 Å². The molecule has 0 saturated carbocycles. The normalized spacial score (nSPS) is 10.5. The van der Waals surface area contributed by atoms with Crippen LogP contribution < -0.4 is 0 Å². The molecule has 0 unspecified atom stereocenters. The third-order valence-electron chi connectivity index (χ3n) is 3.76. The molecule has 0 saturated heterocycles. The highest BCUT2D eigenvalue weighted by molar-refractivity contribution is 6.15. The molecule has 2 aromatic rings. The van der Waals surface area contributed by atoms with Gasteiger partial charge in [-0.3, -0.25) is 14.4 Å². The predicted octanol–water partition coefficient (Wildman–Crippen LogP) is 3.35. The molecule has 0 amide bonds. The first-order chi connectivity index (χ1) is 11.1. The average Bonchev–Trinajstić information content (AvgIpc) is 2.49. The second-order valence-corrected chi connectivity index (χ2v) is 5.86. The molecule has 0 radical (unpaired) electrons. The van der Waals surface area contributed by atoms with Crippen molar-refractivity contribution in [2.45, 2.75) is 27.7 Å². The molecule has 0 fully saturated rings. The molecule has 0 aliphatic heterocycles. The standard InChI is InChI=1S/C19H18O5/c1-9-5-13(11(3)20)17(22)15(7-9)19(24)16-8-10(2)6-14(12(4)21)18(16)23/h5-8,22-23H,1-4H3. The summed E-state index contributed by atoms with van der Waals surface area (Å²) in [7, 11) is 0. The minimum absolute atomic E-state index is 0.0392. The number of aryl methyl sites for hydroxylation is 2. The van der Waals surface area contributed by atoms with Crippen molar-refractivity contribution >= 4 is 17.3 Å². The topological polar surface area (TPSA) is 91.7 Å². The molecule has 5 nitrogen and oxygen atoms in total. The molecular formula is C19H18O5. The zero-order valence-corrected chi connectivity index (χ0v) is 13.9. The van der Waals surface area contributed by atoms with Gasteiger partial charge in [0.2, 0.25) is 5.78 Å². The van der Waals surface area contributed by atoms with E-state index in [0.29, 0.717) is 11.1 Å². The monoisotopic (exact) mass is 326 g/mol. The molecule has 0 aliphatic carbocycles. The van der Waals surface area contributed by atoms with Crippen LogP contribution in [-0.4, -0.2) is 27.6 Å². The Morgan fingerprint density at radius 3 is 1.25 bits per heavy atom. The maximum Gasteiger partial charge on any atom is 0.200 e. The van der Waals surface area contributed by atoms with Gasteiger partial charge in [-0.2, -0.15) is 0 Å². The van der Waals surface area contributed by atoms with E-state index < -0.39 is 17.3 Å². The SMILES string of the molecule is CC(=O)c1cc(C)cc(C(=O)c2cc(C)cc(C(C)=O)c2O)c1O. The lowest BCUT2D eigenvalue weighted by Gasteiger charge is -2.12. The van der Waals surface area contributed by atoms with E-state index in [-0.39, 0.29) is 33.8 Å². The second kappa shape index (κ2) is 6.28. The van der Waals surface area contributed by atoms with Crippen LogP contribution in [0.25, 0.3) is 0 Å². The van der Waals surface area contributed by atoms with Gasteiger partial charge in [0.05, 0.1) is 22.3 Å². The Labute approximate surface area is 139 Å². The Morgan fingerprint density at radius 1 is 0.667 bits per heavy atom. The lowest BCUT2D eigenvalue weighted by Crippen LogP contribution is -2.08. The van der Waals surface area contributed by atoms with Crippen LogP contribution in [0.3, 0.4) is 0 Å². The number of rotatable bonds is 4. The minimum atomic E-state index is -0.651. The molecule has 0 heterocycles. The fraction of sp³-hybridized carbons (Fsp3) is 0.211. The van der Waals surface area contributed by atoms with E-state index in [1.165, 1.54) is 38.1 Å². The lowest BCUT2D eigenvalue weighted by atomic mass is 9.93. The summed E-state index contributed by atoms with van der Waals surface area (Å²) in [4.78, 5) is 36.1. The van der Waals surface area contributed by atoms with Gasteiger partial charge in [0.25, 0.3) is 0 Å². The number of phenols is 2. The summed E-state index contributed by atoms with van der Waals surface area (Å²) in [5.74, 6) is -2.25. The number of ketones is 3. The number of benzene rings is 2. The molecule has 2 aromatic carbocycles. The quantitative estimate of drug-likeness (QED) is 0.841. The summed E-state index contributed by atoms with van der Waals surface area (Å²) < 4.78 is 0. The highest BCUT2D eigenvalue weighted by atomic mass is 16.3. The fourth-order valence-electron chi connectivity index (χ4n) is 2.59. The van der Waals surface area contributed by atoms with E-state index in [4.69, 9.17) is 0 Å². The maximum absolute atomic E-state index is 12.8. The van der Waals surface area contributed by atoms with Crippen LogP contribution in [0.4, 0.5) is 0 Å². The Bertz CT molecular complexity index is 806. The van der Waals surface area contributed by atoms with Gasteiger partial charge in [-0.05, 0) is 63.1 Å². The molecule has 0 aliphatic rings. The Morgan fingerprint density at radius 2 is 0.958 bits per heavy atom. The summed E-state index contributed by atoms with van der Waals surface area (Å²) >= 11 is 0. The van der Waals surface area contributed by atoms with Crippen LogP contribution in [0.5, 0.6) is 11.5 Å². The smallest absolute Gasteiger partial charge is 0.200 e. The van der Waals surface area contributed by atoms with Gasteiger partial charge in [0.1, 0.15) is 11.5 Å². The van der Waals surface area contributed by atoms with Gasteiger partial charge in [0, 0.05) is 0 Å². The van der Waals surface area contributed by atoms with Crippen molar-refractivity contribution in [1.82, 2.24) is 0 Å². The highest BCUT2D eigenvalue weighted by Gasteiger charge is 2.23. The summed E-state index contributed by atoms with van der Waals surface area (Å²) in [6.45, 7) is 5.97. The second-order valence-electron chi connectivity index (χ2n) is 5.86. The van der Waals surface area contributed by atoms with Crippen molar-refractivity contribution in [1.29, 1.82) is 0 Å². The first-order valence-electron chi connectivity index (χ1n) is 7.37. The van der Waals surface area contributed by atoms with Crippen LogP contribution >= 0.6 is 0 Å². The maximum atomic E-state index is 12.8. The molecule has 2 rings (SSSR count). The van der Waals surface area contributed by atoms with Crippen molar-refractivity contribution in [3.8, 4) is 11.5 Å². The van der Waals surface area contributed by atoms with E-state index in [1.54, 1.807) is 13.8 Å². The van der Waals surface area contributed by atoms with Crippen LogP contribution in [0.1, 0.15) is 61.6 Å². The number of phenolic OH excluding ortho intramolecular Hbond substituents is 2. The van der Waals surface area contributed by atoms with Crippen molar-refractivity contribution in [3.63, 3.8) is 0 Å². The molecule has 0 spiro atoms. The van der Waals surface area contributed by atoms with Crippen LogP contribution in [0, 0.1) is 13.8 Å². The van der Waals surface area contributed by atoms with Crippen molar-refractivity contribution in [2.75, 3.05) is 0 Å². The van der Waals surface area contributed by atoms with Crippen LogP contribution in [0.15, 0.2) is 24.3 Å². The largest absolute Gasteiger partial charge is 0.506 e. The van der Waals surface area contributed by atoms with E-state index in [0.717, 1.165) is 0 Å². The molecule has 24 heavy (non-hydrogen) atoms. The summed E-state index contributed by atoms with van der Waals surface area (Å²) in [6, 6.07) is 5.87. The van der Waals surface area contributed by atoms with E-state index >= 15 is 0 Å². The predicted molar refractivity (Wildman–Crippen MR) is 89.1 cm³/mol. The van der Waals surface area contributed by atoms with Crippen LogP contribution in [-0.2, 0) is 0 Å². The van der Waals surface area contributed by atoms with E-state index in [1.807, 2.05) is 0 Å². The number of Topliss-reactive ketones (excluding diaryl/α,β-unsaturated/α-hetero) is 2. The molecular weight excluding hydrogens is 308 g/mol. The fourth-order valence-corrected chi connectivity index (χ4v) is 2.59. The molecule has 0 bridgehead atoms. The van der Waals surface area contributed by atoms with Gasteiger partial charge in [-0.15, -0.1) is 0 Å². The lowest BCUT2D eigenvalue weighted by molar-refractivity contribution is 0.100. The van der Waals surface area contributed by atoms with Gasteiger partial charge >= 0.3 is 0 Å². The molecule has 124 valence electrons. The van der Waals surface area contributed by atoms with Crippen molar-refractivity contribution < 1.29 is 24.6 Å². The summed E-state index contributed by atoms with van der Waals surface area (Å²) in [6.07, 6.45) is 0. The number of carbonyl (C=O) groups is 3. The third-order valence-corrected chi connectivity index (χ3v) is 3.76. The zero-order valence-electron chi connectivity index (χ0n) is 13.9. The number of carbonyl (C=O) groups excluding carboxylic acids is 3. The first kappa shape index (κ1) is 17.4. The Hall–Kier alpha value is -2.95. The van der Waals surface area contributed by atoms with E-state index in [2.05, 4.69) is 0 Å². The van der Waals surface area contributed by atoms with Gasteiger partial charge < -0.3 is 10.2 Å². The number of hydrogen-bond acceptors (Lipinski definition) is 5. The van der Waals surface area contributed by atoms with Crippen molar-refractivity contribution in [3.05, 3.63) is 57.6 Å². The van der Waals surface area contributed by atoms with Gasteiger partial charge in [-0.25, -0.2) is 0 Å². The average molecular weight is 326 g/mol. The first-order valence-corrected chi connectivity index (χ1v) is 7.37. The summed E-state index contributed by atoms with van der Waals surface area (Å²) in [5, 5.41) is 20.5. The highest BCUT2D eigenvalue weighted by Crippen LogP contribution is 2.32. The zero-order chi connectivity index (χ0) is 18.2. The van der Waals surface area contributed by atoms with Crippen LogP contribution in [0.2, 0.25) is 0 Å². The molecule has 0 aromatic heterocycles. The Balaban J connectivity index is 2.71. The van der Waals surface area contributed by atoms with E-state index in [9.17, 15) is 24.6 Å².